The molecule has 1 aromatic rings. The Kier molecular flexibility index (Phi) is 10.7. The zero-order chi connectivity index (χ0) is 23.6. The van der Waals surface area contributed by atoms with E-state index in [0.717, 1.165) is 12.0 Å². The van der Waals surface area contributed by atoms with Gasteiger partial charge in [0, 0.05) is 7.05 Å². The maximum Gasteiger partial charge on any atom is 0.310 e. The monoisotopic (exact) mass is 432 g/mol. The molecule has 0 heterocycles. The minimum atomic E-state index is -0.692. The highest BCUT2D eigenvalue weighted by molar-refractivity contribution is 5.91. The highest BCUT2D eigenvalue weighted by Crippen LogP contribution is 2.28. The largest absolute Gasteiger partial charge is 0.461 e. The van der Waals surface area contributed by atoms with Gasteiger partial charge in [-0.1, -0.05) is 78.3 Å². The summed E-state index contributed by atoms with van der Waals surface area (Å²) < 4.78 is 5.60. The summed E-state index contributed by atoms with van der Waals surface area (Å²) in [4.78, 5) is 38.8. The number of benzene rings is 1. The molecule has 6 heteroatoms. The first kappa shape index (κ1) is 26.7. The van der Waals surface area contributed by atoms with Crippen LogP contribution in [0.25, 0.3) is 0 Å². The Bertz CT molecular complexity index is 710. The number of ether oxygens (including phenoxy) is 1. The van der Waals surface area contributed by atoms with Crippen LogP contribution in [0.4, 0.5) is 0 Å². The van der Waals surface area contributed by atoms with Gasteiger partial charge in [0.25, 0.3) is 0 Å². The Hall–Kier alpha value is -2.37. The number of likely N-dealkylation sites (N-methyl/N-ethyl adjacent to an activating group) is 1. The summed E-state index contributed by atoms with van der Waals surface area (Å²) in [6.45, 7) is 11.9. The molecule has 1 unspecified atom stereocenters. The van der Waals surface area contributed by atoms with Gasteiger partial charge in [0.05, 0.1) is 11.8 Å². The molecule has 6 nitrogen and oxygen atoms in total. The van der Waals surface area contributed by atoms with Crippen molar-refractivity contribution in [3.05, 3.63) is 35.9 Å². The Balaban J connectivity index is 3.07. The summed E-state index contributed by atoms with van der Waals surface area (Å²) in [6.07, 6.45) is 1.85. The second-order valence-electron chi connectivity index (χ2n) is 9.65. The first-order valence-corrected chi connectivity index (χ1v) is 11.2. The molecule has 2 amide bonds. The third-order valence-electron chi connectivity index (χ3n) is 5.34. The molecule has 0 aliphatic rings. The second-order valence-corrected chi connectivity index (χ2v) is 9.65. The molecule has 2 N–H and O–H groups in total. The van der Waals surface area contributed by atoms with Crippen LogP contribution in [0, 0.1) is 23.2 Å². The molecule has 0 aliphatic carbocycles. The first-order chi connectivity index (χ1) is 14.5. The number of hydrogen-bond donors (Lipinski definition) is 2. The molecule has 3 atom stereocenters. The van der Waals surface area contributed by atoms with Crippen LogP contribution in [0.2, 0.25) is 0 Å². The van der Waals surface area contributed by atoms with Crippen molar-refractivity contribution < 1.29 is 19.1 Å². The molecule has 0 saturated carbocycles. The topological polar surface area (TPSA) is 84.5 Å². The lowest BCUT2D eigenvalue weighted by molar-refractivity contribution is -0.155. The van der Waals surface area contributed by atoms with Gasteiger partial charge in [-0.3, -0.25) is 14.4 Å². The van der Waals surface area contributed by atoms with E-state index in [1.165, 1.54) is 0 Å². The van der Waals surface area contributed by atoms with Crippen molar-refractivity contribution in [2.45, 2.75) is 73.5 Å². The summed E-state index contributed by atoms with van der Waals surface area (Å²) in [7, 11) is 1.56. The van der Waals surface area contributed by atoms with Crippen LogP contribution in [0.3, 0.4) is 0 Å². The smallest absolute Gasteiger partial charge is 0.310 e. The van der Waals surface area contributed by atoms with Crippen LogP contribution in [0.5, 0.6) is 0 Å². The summed E-state index contributed by atoms with van der Waals surface area (Å²) in [5.41, 5.74) is 0.440. The summed E-state index contributed by atoms with van der Waals surface area (Å²) in [5, 5.41) is 5.55. The van der Waals surface area contributed by atoms with Crippen molar-refractivity contribution >= 4 is 17.8 Å². The predicted molar refractivity (Wildman–Crippen MR) is 123 cm³/mol. The number of rotatable bonds is 11. The predicted octanol–water partition coefficient (Wildman–Crippen LogP) is 4.09. The van der Waals surface area contributed by atoms with Crippen molar-refractivity contribution in [1.29, 1.82) is 0 Å². The van der Waals surface area contributed by atoms with Crippen LogP contribution in [0.15, 0.2) is 30.3 Å². The van der Waals surface area contributed by atoms with Gasteiger partial charge in [0.1, 0.15) is 12.6 Å². The Labute approximate surface area is 187 Å². The number of amides is 2. The van der Waals surface area contributed by atoms with Crippen LogP contribution < -0.4 is 10.6 Å². The molecule has 0 saturated heterocycles. The van der Waals surface area contributed by atoms with Crippen molar-refractivity contribution in [3.63, 3.8) is 0 Å². The fourth-order valence-corrected chi connectivity index (χ4v) is 3.66. The van der Waals surface area contributed by atoms with E-state index >= 15 is 0 Å². The van der Waals surface area contributed by atoms with E-state index in [2.05, 4.69) is 10.6 Å². The van der Waals surface area contributed by atoms with Gasteiger partial charge < -0.3 is 15.4 Å². The number of hydrogen-bond acceptors (Lipinski definition) is 4. The molecule has 174 valence electrons. The maximum atomic E-state index is 13.4. The molecule has 1 rings (SSSR count). The zero-order valence-electron chi connectivity index (χ0n) is 20.2. The lowest BCUT2D eigenvalue weighted by atomic mass is 9.80. The molecule has 1 aromatic carbocycles. The van der Waals surface area contributed by atoms with Crippen molar-refractivity contribution in [2.24, 2.45) is 23.2 Å². The normalized spacial score (nSPS) is 14.5. The van der Waals surface area contributed by atoms with Gasteiger partial charge in [-0.05, 0) is 29.7 Å². The van der Waals surface area contributed by atoms with E-state index in [1.54, 1.807) is 7.05 Å². The van der Waals surface area contributed by atoms with E-state index in [1.807, 2.05) is 71.9 Å². The van der Waals surface area contributed by atoms with E-state index < -0.39 is 23.3 Å². The van der Waals surface area contributed by atoms with Gasteiger partial charge >= 0.3 is 5.97 Å². The minimum Gasteiger partial charge on any atom is -0.461 e. The molecular weight excluding hydrogens is 392 g/mol. The van der Waals surface area contributed by atoms with Crippen molar-refractivity contribution in [1.82, 2.24) is 10.6 Å². The average Bonchev–Trinajstić information content (AvgIpc) is 2.71. The van der Waals surface area contributed by atoms with Crippen molar-refractivity contribution in [2.75, 3.05) is 7.05 Å². The molecule has 0 radical (unpaired) electrons. The third kappa shape index (κ3) is 8.72. The van der Waals surface area contributed by atoms with Crippen LogP contribution in [-0.2, 0) is 25.7 Å². The summed E-state index contributed by atoms with van der Waals surface area (Å²) in [6, 6.07) is 8.81. The second kappa shape index (κ2) is 12.5. The van der Waals surface area contributed by atoms with Crippen LogP contribution >= 0.6 is 0 Å². The highest BCUT2D eigenvalue weighted by atomic mass is 16.5. The van der Waals surface area contributed by atoms with Gasteiger partial charge in [-0.15, -0.1) is 0 Å². The molecular formula is C25H40N2O4. The maximum absolute atomic E-state index is 13.4. The Morgan fingerprint density at radius 2 is 1.61 bits per heavy atom. The number of esters is 1. The fourth-order valence-electron chi connectivity index (χ4n) is 3.66. The molecule has 0 aromatic heterocycles. The van der Waals surface area contributed by atoms with Crippen LogP contribution in [-0.4, -0.2) is 30.9 Å². The Morgan fingerprint density at radius 1 is 1.00 bits per heavy atom. The summed E-state index contributed by atoms with van der Waals surface area (Å²) >= 11 is 0. The highest BCUT2D eigenvalue weighted by Gasteiger charge is 2.39. The van der Waals surface area contributed by atoms with E-state index in [9.17, 15) is 14.4 Å². The number of carbonyl (C=O) groups is 3. The van der Waals surface area contributed by atoms with Gasteiger partial charge in [-0.25, -0.2) is 0 Å². The minimum absolute atomic E-state index is 0.179. The first-order valence-electron chi connectivity index (χ1n) is 11.2. The van der Waals surface area contributed by atoms with Crippen LogP contribution in [0.1, 0.15) is 66.4 Å². The van der Waals surface area contributed by atoms with E-state index in [4.69, 9.17) is 4.74 Å². The SMILES string of the molecule is CCCC(C(=O)OCc1ccccc1)[C@@H](CC(C)C)C(=O)N[C@H](C(=O)NC)C(C)(C)C. The Morgan fingerprint density at radius 3 is 2.10 bits per heavy atom. The van der Waals surface area contributed by atoms with Crippen molar-refractivity contribution in [3.8, 4) is 0 Å². The average molecular weight is 433 g/mol. The van der Waals surface area contributed by atoms with Gasteiger partial charge in [0.15, 0.2) is 0 Å². The molecule has 0 aliphatic heterocycles. The van der Waals surface area contributed by atoms with Gasteiger partial charge in [-0.2, -0.15) is 0 Å². The molecule has 0 fully saturated rings. The standard InChI is InChI=1S/C25H40N2O4/c1-8-12-19(24(30)31-16-18-13-10-9-11-14-18)20(15-17(2)3)22(28)27-21(23(29)26-7)25(4,5)6/h9-11,13-14,17,19-21H,8,12,15-16H2,1-7H3,(H,26,29)(H,27,28)/t19?,20-,21-/m1/s1. The zero-order valence-corrected chi connectivity index (χ0v) is 20.2. The van der Waals surface area contributed by atoms with E-state index in [0.29, 0.717) is 12.8 Å². The molecule has 0 spiro atoms. The summed E-state index contributed by atoms with van der Waals surface area (Å²) in [5.74, 6) is -1.78. The number of carbonyl (C=O) groups excluding carboxylic acids is 3. The third-order valence-corrected chi connectivity index (χ3v) is 5.34. The molecule has 0 bridgehead atoms. The number of nitrogens with one attached hydrogen (secondary N) is 2. The lowest BCUT2D eigenvalue weighted by Gasteiger charge is -2.33. The lowest BCUT2D eigenvalue weighted by Crippen LogP contribution is -2.55. The van der Waals surface area contributed by atoms with E-state index in [-0.39, 0.29) is 30.3 Å². The van der Waals surface area contributed by atoms with Gasteiger partial charge in [0.2, 0.25) is 11.8 Å². The fraction of sp³-hybridized carbons (Fsp3) is 0.640. The molecule has 31 heavy (non-hydrogen) atoms. The quantitative estimate of drug-likeness (QED) is 0.516.